The van der Waals surface area contributed by atoms with E-state index in [0.29, 0.717) is 5.92 Å². The lowest BCUT2D eigenvalue weighted by Gasteiger charge is -2.27. The Bertz CT molecular complexity index is 729. The van der Waals surface area contributed by atoms with Crippen LogP contribution >= 0.6 is 31.9 Å². The molecule has 0 radical (unpaired) electrons. The van der Waals surface area contributed by atoms with Gasteiger partial charge in [0.05, 0.1) is 11.0 Å². The van der Waals surface area contributed by atoms with E-state index in [-0.39, 0.29) is 10.5 Å². The molecule has 3 rings (SSSR count). The number of ether oxygens (including phenoxy) is 1. The highest BCUT2D eigenvalue weighted by Crippen LogP contribution is 2.41. The number of hydrogen-bond acceptors (Lipinski definition) is 2. The predicted molar refractivity (Wildman–Crippen MR) is 91.1 cm³/mol. The first-order valence-electron chi connectivity index (χ1n) is 7.07. The number of fused-ring (bicyclic) bond motifs is 1. The summed E-state index contributed by atoms with van der Waals surface area (Å²) in [5.74, 6) is 0.563. The van der Waals surface area contributed by atoms with Gasteiger partial charge in [0.2, 0.25) is 0 Å². The summed E-state index contributed by atoms with van der Waals surface area (Å²) in [6.07, 6.45) is 2.13. The highest BCUT2D eigenvalue weighted by molar-refractivity contribution is 9.11. The van der Waals surface area contributed by atoms with E-state index in [2.05, 4.69) is 37.9 Å². The molecule has 1 fully saturated rings. The largest absolute Gasteiger partial charge is 0.381 e. The van der Waals surface area contributed by atoms with Crippen LogP contribution in [-0.4, -0.2) is 22.3 Å². The average Bonchev–Trinajstić information content (AvgIpc) is 2.71. The first kappa shape index (κ1) is 15.3. The summed E-state index contributed by atoms with van der Waals surface area (Å²) in [4.78, 5) is 12.3. The molecule has 1 aromatic carbocycles. The normalized spacial score (nSPS) is 18.3. The predicted octanol–water partition coefficient (Wildman–Crippen LogP) is 3.50. The standard InChI is InChI=1S/C15H18Br2N2O2/c1-18-12-7-10(14(17)9-3-5-21-6-4-9)11(16)8-13(12)19(2)15(18)20/h7-9,14H,3-6H2,1-2H3. The Morgan fingerprint density at radius 3 is 2.38 bits per heavy atom. The topological polar surface area (TPSA) is 36.2 Å². The summed E-state index contributed by atoms with van der Waals surface area (Å²) >= 11 is 7.52. The Kier molecular flexibility index (Phi) is 4.30. The first-order valence-corrected chi connectivity index (χ1v) is 8.78. The molecule has 2 aromatic rings. The zero-order valence-corrected chi connectivity index (χ0v) is 15.3. The van der Waals surface area contributed by atoms with Gasteiger partial charge in [-0.2, -0.15) is 0 Å². The lowest BCUT2D eigenvalue weighted by molar-refractivity contribution is 0.0661. The second kappa shape index (κ2) is 5.89. The lowest BCUT2D eigenvalue weighted by Crippen LogP contribution is -2.19. The van der Waals surface area contributed by atoms with Crippen molar-refractivity contribution in [3.8, 4) is 0 Å². The number of nitrogens with zero attached hydrogens (tertiary/aromatic N) is 2. The quantitative estimate of drug-likeness (QED) is 0.701. The molecule has 114 valence electrons. The molecule has 0 bridgehead atoms. The molecule has 4 nitrogen and oxygen atoms in total. The van der Waals surface area contributed by atoms with Gasteiger partial charge in [-0.15, -0.1) is 0 Å². The summed E-state index contributed by atoms with van der Waals surface area (Å²) in [7, 11) is 3.63. The molecule has 1 aliphatic rings. The van der Waals surface area contributed by atoms with Gasteiger partial charge in [0.25, 0.3) is 0 Å². The third-order valence-corrected chi connectivity index (χ3v) is 6.30. The van der Waals surface area contributed by atoms with Crippen molar-refractivity contribution in [1.29, 1.82) is 0 Å². The molecule has 1 aliphatic heterocycles. The lowest BCUT2D eigenvalue weighted by atomic mass is 9.92. The highest BCUT2D eigenvalue weighted by Gasteiger charge is 2.25. The maximum absolute atomic E-state index is 12.1. The van der Waals surface area contributed by atoms with Gasteiger partial charge in [-0.25, -0.2) is 4.79 Å². The number of benzene rings is 1. The molecule has 0 amide bonds. The van der Waals surface area contributed by atoms with Gasteiger partial charge in [0.15, 0.2) is 0 Å². The molecular formula is C15H18Br2N2O2. The number of halogens is 2. The van der Waals surface area contributed by atoms with Gasteiger partial charge in [-0.3, -0.25) is 9.13 Å². The maximum Gasteiger partial charge on any atom is 0.328 e. The molecule has 1 atom stereocenters. The fourth-order valence-electron chi connectivity index (χ4n) is 3.01. The minimum atomic E-state index is 0.00578. The Morgan fingerprint density at radius 1 is 1.19 bits per heavy atom. The summed E-state index contributed by atoms with van der Waals surface area (Å²) in [6, 6.07) is 4.16. The number of aromatic nitrogens is 2. The van der Waals surface area contributed by atoms with Gasteiger partial charge < -0.3 is 4.74 Å². The second-order valence-corrected chi connectivity index (χ2v) is 7.46. The summed E-state index contributed by atoms with van der Waals surface area (Å²) < 4.78 is 9.87. The minimum absolute atomic E-state index is 0.00578. The van der Waals surface area contributed by atoms with E-state index < -0.39 is 0 Å². The molecule has 1 unspecified atom stereocenters. The van der Waals surface area contributed by atoms with Crippen LogP contribution in [0.3, 0.4) is 0 Å². The summed E-state index contributed by atoms with van der Waals surface area (Å²) in [5.41, 5.74) is 3.13. The molecule has 0 saturated carbocycles. The van der Waals surface area contributed by atoms with E-state index in [9.17, 15) is 4.79 Å². The SMILES string of the molecule is Cn1c(=O)n(C)c2cc(C(Br)C3CCOCC3)c(Br)cc21. The smallest absolute Gasteiger partial charge is 0.328 e. The molecule has 6 heteroatoms. The van der Waals surface area contributed by atoms with Crippen molar-refractivity contribution in [2.45, 2.75) is 17.7 Å². The molecule has 0 spiro atoms. The van der Waals surface area contributed by atoms with Crippen molar-refractivity contribution < 1.29 is 4.74 Å². The number of imidazole rings is 1. The van der Waals surface area contributed by atoms with Crippen LogP contribution in [0, 0.1) is 5.92 Å². The Balaban J connectivity index is 2.08. The molecule has 1 saturated heterocycles. The number of hydrogen-bond donors (Lipinski definition) is 0. The molecule has 0 N–H and O–H groups in total. The van der Waals surface area contributed by atoms with Crippen molar-refractivity contribution in [3.05, 3.63) is 32.7 Å². The van der Waals surface area contributed by atoms with Gasteiger partial charge in [-0.05, 0) is 36.5 Å². The van der Waals surface area contributed by atoms with Crippen LogP contribution in [0.5, 0.6) is 0 Å². The van der Waals surface area contributed by atoms with Crippen LogP contribution in [0.15, 0.2) is 21.4 Å². The Labute approximate surface area is 140 Å². The van der Waals surface area contributed by atoms with Crippen molar-refractivity contribution in [2.75, 3.05) is 13.2 Å². The fraction of sp³-hybridized carbons (Fsp3) is 0.533. The van der Waals surface area contributed by atoms with Crippen molar-refractivity contribution in [2.24, 2.45) is 20.0 Å². The minimum Gasteiger partial charge on any atom is -0.381 e. The Morgan fingerprint density at radius 2 is 1.76 bits per heavy atom. The highest BCUT2D eigenvalue weighted by atomic mass is 79.9. The van der Waals surface area contributed by atoms with Crippen LogP contribution in [0.25, 0.3) is 11.0 Å². The zero-order valence-electron chi connectivity index (χ0n) is 12.1. The van der Waals surface area contributed by atoms with Crippen LogP contribution in [0.4, 0.5) is 0 Å². The zero-order chi connectivity index (χ0) is 15.1. The average molecular weight is 418 g/mol. The van der Waals surface area contributed by atoms with Crippen molar-refractivity contribution in [1.82, 2.24) is 9.13 Å². The molecule has 21 heavy (non-hydrogen) atoms. The van der Waals surface area contributed by atoms with Crippen LogP contribution in [0.1, 0.15) is 23.2 Å². The van der Waals surface area contributed by atoms with Crippen LogP contribution in [0.2, 0.25) is 0 Å². The Hall–Kier alpha value is -0.590. The summed E-state index contributed by atoms with van der Waals surface area (Å²) in [6.45, 7) is 1.66. The fourth-order valence-corrected chi connectivity index (χ4v) is 4.80. The second-order valence-electron chi connectivity index (χ2n) is 5.61. The number of rotatable bonds is 2. The van der Waals surface area contributed by atoms with E-state index in [1.54, 1.807) is 16.2 Å². The van der Waals surface area contributed by atoms with E-state index in [4.69, 9.17) is 4.74 Å². The van der Waals surface area contributed by atoms with Gasteiger partial charge in [0, 0.05) is 36.6 Å². The van der Waals surface area contributed by atoms with Gasteiger partial charge >= 0.3 is 5.69 Å². The first-order chi connectivity index (χ1) is 10.0. The van der Waals surface area contributed by atoms with Crippen LogP contribution in [-0.2, 0) is 18.8 Å². The van der Waals surface area contributed by atoms with E-state index in [1.807, 2.05) is 13.1 Å². The number of aryl methyl sites for hydroxylation is 2. The number of alkyl halides is 1. The maximum atomic E-state index is 12.1. The molecule has 2 heterocycles. The van der Waals surface area contributed by atoms with Crippen molar-refractivity contribution in [3.63, 3.8) is 0 Å². The van der Waals surface area contributed by atoms with Gasteiger partial charge in [0.1, 0.15) is 0 Å². The third kappa shape index (κ3) is 2.62. The van der Waals surface area contributed by atoms with Crippen LogP contribution < -0.4 is 5.69 Å². The molecule has 1 aromatic heterocycles. The van der Waals surface area contributed by atoms with E-state index in [1.165, 1.54) is 5.56 Å². The van der Waals surface area contributed by atoms with Gasteiger partial charge in [-0.1, -0.05) is 31.9 Å². The summed E-state index contributed by atoms with van der Waals surface area (Å²) in [5, 5.41) is 0. The third-order valence-electron chi connectivity index (χ3n) is 4.37. The monoisotopic (exact) mass is 416 g/mol. The molecular weight excluding hydrogens is 400 g/mol. The molecule has 0 aliphatic carbocycles. The van der Waals surface area contributed by atoms with Crippen molar-refractivity contribution >= 4 is 42.9 Å². The van der Waals surface area contributed by atoms with E-state index >= 15 is 0 Å². The van der Waals surface area contributed by atoms with E-state index in [0.717, 1.165) is 41.6 Å².